The summed E-state index contributed by atoms with van der Waals surface area (Å²) in [6.07, 6.45) is -1.38. The normalized spacial score (nSPS) is 24.8. The van der Waals surface area contributed by atoms with Gasteiger partial charge >= 0.3 is 6.18 Å². The number of hydrogen-bond acceptors (Lipinski definition) is 6. The van der Waals surface area contributed by atoms with Crippen LogP contribution in [0.25, 0.3) is 0 Å². The van der Waals surface area contributed by atoms with Crippen molar-refractivity contribution in [2.75, 3.05) is 32.6 Å². The first kappa shape index (κ1) is 20.8. The highest BCUT2D eigenvalue weighted by molar-refractivity contribution is 5.42. The van der Waals surface area contributed by atoms with E-state index in [4.69, 9.17) is 9.47 Å². The highest BCUT2D eigenvalue weighted by Crippen LogP contribution is 2.41. The third kappa shape index (κ3) is 4.19. The van der Waals surface area contributed by atoms with Crippen LogP contribution in [0, 0.1) is 5.92 Å². The van der Waals surface area contributed by atoms with Crippen LogP contribution in [0.5, 0.6) is 11.5 Å². The predicted octanol–water partition coefficient (Wildman–Crippen LogP) is 3.50. The van der Waals surface area contributed by atoms with Gasteiger partial charge in [-0.2, -0.15) is 23.3 Å². The lowest BCUT2D eigenvalue weighted by atomic mass is 9.86. The van der Waals surface area contributed by atoms with E-state index in [1.807, 2.05) is 18.2 Å². The maximum atomic E-state index is 13.6. The van der Waals surface area contributed by atoms with Crippen molar-refractivity contribution in [1.82, 2.24) is 19.7 Å². The molecule has 7 nitrogen and oxygen atoms in total. The zero-order valence-electron chi connectivity index (χ0n) is 17.0. The fourth-order valence-electron chi connectivity index (χ4n) is 4.53. The topological polar surface area (TPSA) is 64.4 Å². The number of fused-ring (bicyclic) bond motifs is 1. The van der Waals surface area contributed by atoms with Crippen molar-refractivity contribution < 1.29 is 22.6 Å². The van der Waals surface area contributed by atoms with Crippen molar-refractivity contribution in [1.29, 1.82) is 0 Å². The van der Waals surface area contributed by atoms with Gasteiger partial charge in [0.2, 0.25) is 5.95 Å². The molecule has 0 spiro atoms. The molecule has 1 N–H and O–H groups in total. The van der Waals surface area contributed by atoms with Crippen LogP contribution in [0.4, 0.5) is 19.1 Å². The first-order valence-corrected chi connectivity index (χ1v) is 10.0. The molecule has 0 aliphatic carbocycles. The number of likely N-dealkylation sites (tertiary alicyclic amines) is 1. The number of nitrogens with one attached hydrogen (secondary N) is 1. The summed E-state index contributed by atoms with van der Waals surface area (Å²) >= 11 is 0. The van der Waals surface area contributed by atoms with Crippen LogP contribution in [-0.4, -0.2) is 59.2 Å². The molecule has 2 aliphatic heterocycles. The quantitative estimate of drug-likeness (QED) is 0.791. The van der Waals surface area contributed by atoms with E-state index in [0.29, 0.717) is 18.0 Å². The number of anilines is 1. The summed E-state index contributed by atoms with van der Waals surface area (Å²) in [5.74, 6) is 1.65. The van der Waals surface area contributed by atoms with Crippen LogP contribution in [-0.2, 0) is 6.54 Å². The van der Waals surface area contributed by atoms with Gasteiger partial charge in [-0.15, -0.1) is 0 Å². The Bertz CT molecular complexity index is 872. The molecule has 1 unspecified atom stereocenters. The number of rotatable bonds is 5. The van der Waals surface area contributed by atoms with E-state index in [9.17, 15) is 13.2 Å². The van der Waals surface area contributed by atoms with Gasteiger partial charge in [0.1, 0.15) is 6.33 Å². The van der Waals surface area contributed by atoms with Gasteiger partial charge in [0, 0.05) is 19.1 Å². The lowest BCUT2D eigenvalue weighted by Crippen LogP contribution is -2.47. The van der Waals surface area contributed by atoms with E-state index in [0.717, 1.165) is 36.2 Å². The number of hydrogen-bond donors (Lipinski definition) is 1. The van der Waals surface area contributed by atoms with Crippen LogP contribution < -0.4 is 14.8 Å². The van der Waals surface area contributed by atoms with Crippen molar-refractivity contribution >= 4 is 5.95 Å². The van der Waals surface area contributed by atoms with E-state index < -0.39 is 12.2 Å². The SMILES string of the molecule is COc1ccc(CN2CCCC([C@@H]3C[C@H](C(F)(F)F)n4ncnc4N3)C2)cc1OC. The average molecular weight is 425 g/mol. The van der Waals surface area contributed by atoms with E-state index in [-0.39, 0.29) is 24.3 Å². The van der Waals surface area contributed by atoms with Gasteiger partial charge in [-0.1, -0.05) is 6.07 Å². The van der Waals surface area contributed by atoms with E-state index in [2.05, 4.69) is 20.3 Å². The molecule has 2 aliphatic rings. The highest BCUT2D eigenvalue weighted by atomic mass is 19.4. The second kappa shape index (κ2) is 8.33. The fourth-order valence-corrected chi connectivity index (χ4v) is 4.53. The molecule has 0 saturated carbocycles. The Morgan fingerprint density at radius 1 is 1.20 bits per heavy atom. The molecule has 3 heterocycles. The first-order chi connectivity index (χ1) is 14.4. The second-order valence-corrected chi connectivity index (χ2v) is 7.90. The van der Waals surface area contributed by atoms with Crippen LogP contribution in [0.15, 0.2) is 24.5 Å². The number of ether oxygens (including phenoxy) is 2. The zero-order valence-corrected chi connectivity index (χ0v) is 17.0. The van der Waals surface area contributed by atoms with Crippen LogP contribution in [0.3, 0.4) is 0 Å². The predicted molar refractivity (Wildman–Crippen MR) is 105 cm³/mol. The summed E-state index contributed by atoms with van der Waals surface area (Å²) < 4.78 is 52.4. The lowest BCUT2D eigenvalue weighted by Gasteiger charge is -2.41. The van der Waals surface area contributed by atoms with Crippen molar-refractivity contribution in [3.05, 3.63) is 30.1 Å². The molecule has 3 atom stereocenters. The number of alkyl halides is 3. The highest BCUT2D eigenvalue weighted by Gasteiger charge is 2.48. The van der Waals surface area contributed by atoms with Crippen molar-refractivity contribution in [2.24, 2.45) is 5.92 Å². The number of methoxy groups -OCH3 is 2. The molecular weight excluding hydrogens is 399 g/mol. The minimum Gasteiger partial charge on any atom is -0.493 e. The van der Waals surface area contributed by atoms with Crippen molar-refractivity contribution in [2.45, 2.75) is 44.1 Å². The van der Waals surface area contributed by atoms with Crippen LogP contribution >= 0.6 is 0 Å². The molecule has 0 radical (unpaired) electrons. The molecule has 1 aromatic heterocycles. The number of aromatic nitrogens is 3. The lowest BCUT2D eigenvalue weighted by molar-refractivity contribution is -0.174. The van der Waals surface area contributed by atoms with Gasteiger partial charge in [0.05, 0.1) is 14.2 Å². The summed E-state index contributed by atoms with van der Waals surface area (Å²) in [4.78, 5) is 6.28. The molecule has 1 fully saturated rings. The Hall–Kier alpha value is -2.49. The smallest absolute Gasteiger partial charge is 0.411 e. The Balaban J connectivity index is 1.46. The van der Waals surface area contributed by atoms with E-state index in [1.54, 1.807) is 14.2 Å². The number of nitrogens with zero attached hydrogens (tertiary/aromatic N) is 4. The maximum Gasteiger partial charge on any atom is 0.411 e. The molecular formula is C20H26F3N5O2. The molecule has 164 valence electrons. The largest absolute Gasteiger partial charge is 0.493 e. The van der Waals surface area contributed by atoms with Crippen LogP contribution in [0.2, 0.25) is 0 Å². The molecule has 0 bridgehead atoms. The van der Waals surface area contributed by atoms with E-state index >= 15 is 0 Å². The maximum absolute atomic E-state index is 13.6. The summed E-state index contributed by atoms with van der Waals surface area (Å²) in [6.45, 7) is 2.35. The van der Waals surface area contributed by atoms with Crippen molar-refractivity contribution in [3.63, 3.8) is 0 Å². The minimum absolute atomic E-state index is 0.0330. The number of piperidine rings is 1. The molecule has 1 saturated heterocycles. The Morgan fingerprint density at radius 3 is 2.73 bits per heavy atom. The second-order valence-electron chi connectivity index (χ2n) is 7.90. The third-order valence-corrected chi connectivity index (χ3v) is 6.00. The van der Waals surface area contributed by atoms with Crippen LogP contribution in [0.1, 0.15) is 30.9 Å². The van der Waals surface area contributed by atoms with Gasteiger partial charge in [-0.05, 0) is 49.4 Å². The molecule has 30 heavy (non-hydrogen) atoms. The fraction of sp³-hybridized carbons (Fsp3) is 0.600. The van der Waals surface area contributed by atoms with Gasteiger partial charge in [0.25, 0.3) is 0 Å². The minimum atomic E-state index is -4.35. The number of halogens is 3. The summed E-state index contributed by atoms with van der Waals surface area (Å²) in [5, 5.41) is 6.97. The molecule has 4 rings (SSSR count). The number of benzene rings is 1. The molecule has 10 heteroatoms. The zero-order chi connectivity index (χ0) is 21.3. The van der Waals surface area contributed by atoms with Crippen molar-refractivity contribution in [3.8, 4) is 11.5 Å². The van der Waals surface area contributed by atoms with Gasteiger partial charge in [-0.3, -0.25) is 4.90 Å². The molecule has 2 aromatic rings. The Morgan fingerprint density at radius 2 is 2.00 bits per heavy atom. The van der Waals surface area contributed by atoms with Gasteiger partial charge in [0.15, 0.2) is 17.5 Å². The Kier molecular flexibility index (Phi) is 5.77. The standard InChI is InChI=1S/C20H26F3N5O2/c1-29-16-6-5-13(8-17(16)30-2)10-27-7-3-4-14(11-27)15-9-18(20(21,22)23)28-19(26-15)24-12-25-28/h5-6,8,12,14-15,18H,3-4,7,9-11H2,1-2H3,(H,24,25,26)/t14?,15-,18+/m0/s1. The Labute approximate surface area is 173 Å². The summed E-state index contributed by atoms with van der Waals surface area (Å²) in [5.41, 5.74) is 1.08. The monoisotopic (exact) mass is 425 g/mol. The third-order valence-electron chi connectivity index (χ3n) is 6.00. The van der Waals surface area contributed by atoms with E-state index in [1.165, 1.54) is 6.33 Å². The average Bonchev–Trinajstić information content (AvgIpc) is 3.21. The summed E-state index contributed by atoms with van der Waals surface area (Å²) in [6, 6.07) is 3.89. The van der Waals surface area contributed by atoms with Gasteiger partial charge < -0.3 is 14.8 Å². The first-order valence-electron chi connectivity index (χ1n) is 10.0. The van der Waals surface area contributed by atoms with Gasteiger partial charge in [-0.25, -0.2) is 4.68 Å². The molecule has 0 amide bonds. The molecule has 1 aromatic carbocycles. The summed E-state index contributed by atoms with van der Waals surface area (Å²) in [7, 11) is 3.20.